The third-order valence-electron chi connectivity index (χ3n) is 4.03. The molecule has 1 N–H and O–H groups in total. The molecule has 0 amide bonds. The summed E-state index contributed by atoms with van der Waals surface area (Å²) in [5, 5.41) is 15.7. The Bertz CT molecular complexity index is 464. The summed E-state index contributed by atoms with van der Waals surface area (Å²) in [7, 11) is 0. The fraction of sp³-hybridized carbons (Fsp3) is 0.500. The van der Waals surface area contributed by atoms with Crippen LogP contribution in [-0.4, -0.2) is 43.3 Å². The Labute approximate surface area is 113 Å². The van der Waals surface area contributed by atoms with Gasteiger partial charge >= 0.3 is 0 Å². The van der Waals surface area contributed by atoms with Crippen molar-refractivity contribution in [3.63, 3.8) is 0 Å². The fourth-order valence-corrected chi connectivity index (χ4v) is 2.81. The minimum Gasteiger partial charge on any atom is -0.314 e. The van der Waals surface area contributed by atoms with E-state index in [0.29, 0.717) is 0 Å². The third-order valence-corrected chi connectivity index (χ3v) is 4.03. The van der Waals surface area contributed by atoms with Crippen LogP contribution in [0.1, 0.15) is 12.5 Å². The van der Waals surface area contributed by atoms with Gasteiger partial charge < -0.3 is 5.32 Å². The van der Waals surface area contributed by atoms with Crippen molar-refractivity contribution >= 4 is 6.21 Å². The molecule has 1 saturated heterocycles. The summed E-state index contributed by atoms with van der Waals surface area (Å²) in [6.45, 7) is 6.32. The second-order valence-electron chi connectivity index (χ2n) is 5.01. The summed E-state index contributed by atoms with van der Waals surface area (Å²) in [6.07, 6.45) is 1.87. The fourth-order valence-electron chi connectivity index (χ4n) is 2.81. The molecule has 2 aliphatic heterocycles. The van der Waals surface area contributed by atoms with Crippen LogP contribution in [0.2, 0.25) is 0 Å². The molecule has 0 aromatic heterocycles. The van der Waals surface area contributed by atoms with E-state index in [2.05, 4.69) is 50.8 Å². The Balaban J connectivity index is 1.93. The number of benzene rings is 1. The maximum atomic E-state index is 4.44. The van der Waals surface area contributed by atoms with Crippen molar-refractivity contribution < 1.29 is 0 Å². The molecule has 1 radical (unpaired) electrons. The van der Waals surface area contributed by atoms with E-state index in [-0.39, 0.29) is 6.04 Å². The van der Waals surface area contributed by atoms with E-state index in [9.17, 15) is 0 Å². The van der Waals surface area contributed by atoms with Crippen LogP contribution in [0.25, 0.3) is 0 Å². The van der Waals surface area contributed by atoms with Crippen molar-refractivity contribution in [1.29, 1.82) is 0 Å². The highest BCUT2D eigenvalue weighted by molar-refractivity contribution is 5.75. The first-order valence-corrected chi connectivity index (χ1v) is 6.71. The molecule has 2 aliphatic rings. The third kappa shape index (κ3) is 2.19. The summed E-state index contributed by atoms with van der Waals surface area (Å²) in [5.74, 6) is 0. The molecule has 1 fully saturated rings. The molecular weight excluding hydrogens is 238 g/mol. The van der Waals surface area contributed by atoms with Gasteiger partial charge in [-0.1, -0.05) is 24.3 Å². The Hall–Kier alpha value is -1.59. The first-order chi connectivity index (χ1) is 9.33. The molecule has 0 spiro atoms. The molecule has 5 nitrogen and oxygen atoms in total. The molecule has 99 valence electrons. The van der Waals surface area contributed by atoms with Crippen LogP contribution in [0.4, 0.5) is 0 Å². The maximum Gasteiger partial charge on any atom is 0.160 e. The zero-order chi connectivity index (χ0) is 13.1. The van der Waals surface area contributed by atoms with Crippen molar-refractivity contribution in [1.82, 2.24) is 10.2 Å². The largest absolute Gasteiger partial charge is 0.314 e. The molecule has 0 bridgehead atoms. The summed E-state index contributed by atoms with van der Waals surface area (Å²) >= 11 is 0. The summed E-state index contributed by atoms with van der Waals surface area (Å²) in [6, 6.07) is 11.2. The number of nitrogens with one attached hydrogen (secondary N) is 1. The van der Waals surface area contributed by atoms with E-state index in [1.54, 1.807) is 0 Å². The standard InChI is InChI=1S/C14H18N5/c1-12(19-9-7-15-8-10-19)14(11-16-18-17-14)13-5-3-2-4-6-13/h3-6,11-12,15H,7-10H2,1H3. The van der Waals surface area contributed by atoms with E-state index in [0.717, 1.165) is 31.7 Å². The topological polar surface area (TPSA) is 52.3 Å². The van der Waals surface area contributed by atoms with Crippen molar-refractivity contribution in [2.45, 2.75) is 18.5 Å². The van der Waals surface area contributed by atoms with E-state index in [1.807, 2.05) is 18.3 Å². The molecule has 3 rings (SSSR count). The number of nitrogens with zero attached hydrogens (tertiary/aromatic N) is 4. The van der Waals surface area contributed by atoms with Gasteiger partial charge in [0.2, 0.25) is 0 Å². The minimum atomic E-state index is -0.452. The quantitative estimate of drug-likeness (QED) is 0.889. The number of hydrogen-bond acceptors (Lipinski definition) is 5. The van der Waals surface area contributed by atoms with Crippen LogP contribution < -0.4 is 5.32 Å². The van der Waals surface area contributed by atoms with Gasteiger partial charge in [-0.05, 0) is 23.8 Å². The number of piperazine rings is 1. The number of hydrogen-bond donors (Lipinski definition) is 1. The smallest absolute Gasteiger partial charge is 0.160 e. The predicted octanol–water partition coefficient (Wildman–Crippen LogP) is 1.43. The van der Waals surface area contributed by atoms with E-state index < -0.39 is 5.54 Å². The lowest BCUT2D eigenvalue weighted by atomic mass is 9.84. The molecule has 0 aliphatic carbocycles. The average molecular weight is 256 g/mol. The van der Waals surface area contributed by atoms with Crippen LogP contribution in [-0.2, 0) is 5.54 Å². The Morgan fingerprint density at radius 3 is 2.68 bits per heavy atom. The van der Waals surface area contributed by atoms with Crippen LogP contribution >= 0.6 is 0 Å². The summed E-state index contributed by atoms with van der Waals surface area (Å²) in [4.78, 5) is 2.45. The highest BCUT2D eigenvalue weighted by atomic mass is 15.4. The average Bonchev–Trinajstić information content (AvgIpc) is 2.99. The monoisotopic (exact) mass is 256 g/mol. The summed E-state index contributed by atoms with van der Waals surface area (Å²) < 4.78 is 0. The number of rotatable bonds is 3. The second-order valence-corrected chi connectivity index (χ2v) is 5.01. The lowest BCUT2D eigenvalue weighted by Crippen LogP contribution is -2.54. The predicted molar refractivity (Wildman–Crippen MR) is 74.2 cm³/mol. The van der Waals surface area contributed by atoms with Gasteiger partial charge in [-0.2, -0.15) is 0 Å². The van der Waals surface area contributed by atoms with Crippen molar-refractivity contribution in [2.24, 2.45) is 15.4 Å². The second kappa shape index (κ2) is 5.19. The van der Waals surface area contributed by atoms with Crippen molar-refractivity contribution in [2.75, 3.05) is 26.2 Å². The molecule has 1 aromatic carbocycles. The zero-order valence-corrected chi connectivity index (χ0v) is 11.1. The normalized spacial score (nSPS) is 28.7. The molecule has 2 heterocycles. The molecule has 1 aromatic rings. The van der Waals surface area contributed by atoms with Gasteiger partial charge in [0.25, 0.3) is 0 Å². The van der Waals surface area contributed by atoms with Gasteiger partial charge in [0.1, 0.15) is 0 Å². The van der Waals surface area contributed by atoms with Crippen LogP contribution in [0, 0.1) is 6.07 Å². The van der Waals surface area contributed by atoms with E-state index in [4.69, 9.17) is 0 Å². The lowest BCUT2D eigenvalue weighted by Gasteiger charge is -2.39. The molecular formula is C14H18N5. The first-order valence-electron chi connectivity index (χ1n) is 6.71. The van der Waals surface area contributed by atoms with Gasteiger partial charge in [-0.3, -0.25) is 4.90 Å². The minimum absolute atomic E-state index is 0.243. The van der Waals surface area contributed by atoms with Gasteiger partial charge in [-0.25, -0.2) is 0 Å². The van der Waals surface area contributed by atoms with E-state index in [1.165, 1.54) is 0 Å². The SMILES string of the molecule is CC(N1CCNCC1)C1(c2cc[c]cc2)C=NN=N1. The highest BCUT2D eigenvalue weighted by Gasteiger charge is 2.42. The molecule has 5 heteroatoms. The zero-order valence-electron chi connectivity index (χ0n) is 11.1. The first kappa shape index (κ1) is 12.4. The molecule has 19 heavy (non-hydrogen) atoms. The maximum absolute atomic E-state index is 4.44. The summed E-state index contributed by atoms with van der Waals surface area (Å²) in [5.41, 5.74) is 0.675. The Morgan fingerprint density at radius 2 is 2.05 bits per heavy atom. The van der Waals surface area contributed by atoms with Gasteiger partial charge in [0, 0.05) is 32.2 Å². The van der Waals surface area contributed by atoms with Gasteiger partial charge in [-0.15, -0.1) is 10.2 Å². The van der Waals surface area contributed by atoms with Crippen molar-refractivity contribution in [3.05, 3.63) is 35.9 Å². The highest BCUT2D eigenvalue weighted by Crippen LogP contribution is 2.34. The van der Waals surface area contributed by atoms with Crippen LogP contribution in [0.5, 0.6) is 0 Å². The van der Waals surface area contributed by atoms with Gasteiger partial charge in [0.05, 0.1) is 6.21 Å². The Kier molecular flexibility index (Phi) is 3.40. The van der Waals surface area contributed by atoms with Crippen LogP contribution in [0.3, 0.4) is 0 Å². The molecule has 2 unspecified atom stereocenters. The van der Waals surface area contributed by atoms with E-state index >= 15 is 0 Å². The van der Waals surface area contributed by atoms with Gasteiger partial charge in [0.15, 0.2) is 5.54 Å². The lowest BCUT2D eigenvalue weighted by molar-refractivity contribution is 0.146. The molecule has 2 atom stereocenters. The molecule has 0 saturated carbocycles. The van der Waals surface area contributed by atoms with Crippen molar-refractivity contribution in [3.8, 4) is 0 Å². The van der Waals surface area contributed by atoms with Crippen LogP contribution in [0.15, 0.2) is 39.7 Å². The Morgan fingerprint density at radius 1 is 1.32 bits per heavy atom.